The van der Waals surface area contributed by atoms with Gasteiger partial charge in [0.2, 0.25) is 0 Å². The lowest BCUT2D eigenvalue weighted by Crippen LogP contribution is -2.42. The molecule has 1 heterocycles. The third kappa shape index (κ3) is 1.96. The molecule has 1 aromatic rings. The lowest BCUT2D eigenvalue weighted by Gasteiger charge is -2.05. The van der Waals surface area contributed by atoms with Crippen LogP contribution in [0.4, 0.5) is 0 Å². The maximum Gasteiger partial charge on any atom is 0.314 e. The van der Waals surface area contributed by atoms with Gasteiger partial charge in [-0.3, -0.25) is 4.79 Å². The highest BCUT2D eigenvalue weighted by atomic mass is 16.3. The third-order valence-corrected chi connectivity index (χ3v) is 1.44. The summed E-state index contributed by atoms with van der Waals surface area (Å²) >= 11 is 0. The normalized spacial score (nSPS) is 12.0. The van der Waals surface area contributed by atoms with E-state index in [0.29, 0.717) is 0 Å². The molecule has 0 aliphatic rings. The minimum atomic E-state index is -0.844. The van der Waals surface area contributed by atoms with Crippen LogP contribution in [0.1, 0.15) is 0 Å². The van der Waals surface area contributed by atoms with E-state index in [-0.39, 0.29) is 5.70 Å². The molecule has 0 aromatic carbocycles. The van der Waals surface area contributed by atoms with Gasteiger partial charge in [-0.2, -0.15) is 4.57 Å². The Labute approximate surface area is 74.9 Å². The Bertz CT molecular complexity index is 342. The first-order valence-corrected chi connectivity index (χ1v) is 3.56. The fourth-order valence-corrected chi connectivity index (χ4v) is 0.924. The van der Waals surface area contributed by atoms with Crippen LogP contribution in [0, 0.1) is 0 Å². The summed E-state index contributed by atoms with van der Waals surface area (Å²) in [7, 11) is 0. The number of rotatable bonds is 2. The van der Waals surface area contributed by atoms with E-state index in [0.717, 1.165) is 0 Å². The highest BCUT2D eigenvalue weighted by molar-refractivity contribution is 6.09. The molecule has 1 rings (SSSR count). The molecule has 0 saturated carbocycles. The van der Waals surface area contributed by atoms with Crippen molar-refractivity contribution >= 4 is 11.6 Å². The summed E-state index contributed by atoms with van der Waals surface area (Å²) in [5.74, 6) is -1.69. The van der Waals surface area contributed by atoms with Gasteiger partial charge in [-0.25, -0.2) is 0 Å². The second kappa shape index (κ2) is 3.57. The van der Waals surface area contributed by atoms with Crippen molar-refractivity contribution in [3.05, 3.63) is 36.5 Å². The van der Waals surface area contributed by atoms with Crippen molar-refractivity contribution in [1.82, 2.24) is 0 Å². The standard InChI is InChI=1S/C8H9N3O2/c9-7(12)6(8(10)13)11-4-2-1-3-5-11/h1-5H,(H4-,9,10,12,13). The summed E-state index contributed by atoms with van der Waals surface area (Å²) in [6.45, 7) is 0. The molecule has 1 amide bonds. The Balaban J connectivity index is 3.20. The third-order valence-electron chi connectivity index (χ3n) is 1.44. The van der Waals surface area contributed by atoms with E-state index >= 15 is 0 Å². The van der Waals surface area contributed by atoms with Crippen molar-refractivity contribution in [1.29, 1.82) is 0 Å². The van der Waals surface area contributed by atoms with Crippen molar-refractivity contribution in [2.24, 2.45) is 11.5 Å². The number of amides is 1. The number of hydrogen-bond acceptors (Lipinski definition) is 3. The van der Waals surface area contributed by atoms with Gasteiger partial charge >= 0.3 is 5.91 Å². The van der Waals surface area contributed by atoms with E-state index in [4.69, 9.17) is 11.5 Å². The van der Waals surface area contributed by atoms with E-state index in [1.54, 1.807) is 18.2 Å². The summed E-state index contributed by atoms with van der Waals surface area (Å²) in [5.41, 5.74) is 9.69. The molecule has 0 fully saturated rings. The molecule has 0 unspecified atom stereocenters. The Morgan fingerprint density at radius 3 is 2.08 bits per heavy atom. The molecule has 13 heavy (non-hydrogen) atoms. The molecule has 5 nitrogen and oxygen atoms in total. The second-order valence-corrected chi connectivity index (χ2v) is 2.36. The predicted molar refractivity (Wildman–Crippen MR) is 43.2 cm³/mol. The first-order chi connectivity index (χ1) is 6.13. The van der Waals surface area contributed by atoms with Crippen LogP contribution in [0.25, 0.3) is 5.70 Å². The SMILES string of the molecule is NC(=O)/C(=C(/N)[O-])[n+]1ccccc1. The van der Waals surface area contributed by atoms with Crippen molar-refractivity contribution in [2.45, 2.75) is 0 Å². The van der Waals surface area contributed by atoms with Crippen LogP contribution >= 0.6 is 0 Å². The van der Waals surface area contributed by atoms with Crippen LogP contribution in [0.2, 0.25) is 0 Å². The summed E-state index contributed by atoms with van der Waals surface area (Å²) in [6, 6.07) is 5.06. The molecule has 4 N–H and O–H groups in total. The van der Waals surface area contributed by atoms with E-state index in [9.17, 15) is 9.90 Å². The van der Waals surface area contributed by atoms with Gasteiger partial charge in [-0.15, -0.1) is 0 Å². The Kier molecular flexibility index (Phi) is 2.49. The molecule has 0 radical (unpaired) electrons. The van der Waals surface area contributed by atoms with Crippen LogP contribution in [-0.4, -0.2) is 5.91 Å². The maximum absolute atomic E-state index is 10.8. The maximum atomic E-state index is 10.8. The Morgan fingerprint density at radius 2 is 1.69 bits per heavy atom. The molecule has 1 aromatic heterocycles. The van der Waals surface area contributed by atoms with Gasteiger partial charge in [0.1, 0.15) is 0 Å². The average molecular weight is 179 g/mol. The number of hydrogen-bond donors (Lipinski definition) is 2. The van der Waals surface area contributed by atoms with Gasteiger partial charge in [0.05, 0.1) is 0 Å². The van der Waals surface area contributed by atoms with Crippen LogP contribution in [-0.2, 0) is 4.79 Å². The molecule has 0 atom stereocenters. The van der Waals surface area contributed by atoms with Crippen molar-refractivity contribution in [3.63, 3.8) is 0 Å². The molecule has 0 aliphatic carbocycles. The molecule has 0 saturated heterocycles. The van der Waals surface area contributed by atoms with Crippen molar-refractivity contribution in [3.8, 4) is 0 Å². The topological polar surface area (TPSA) is 96.0 Å². The van der Waals surface area contributed by atoms with Gasteiger partial charge in [-0.05, 0) is 0 Å². The van der Waals surface area contributed by atoms with E-state index in [1.165, 1.54) is 17.0 Å². The first kappa shape index (κ1) is 9.05. The van der Waals surface area contributed by atoms with Gasteiger partial charge < -0.3 is 16.6 Å². The summed E-state index contributed by atoms with van der Waals surface area (Å²) < 4.78 is 1.28. The fraction of sp³-hybridized carbons (Fsp3) is 0. The molecule has 68 valence electrons. The summed E-state index contributed by atoms with van der Waals surface area (Å²) in [4.78, 5) is 10.8. The molecular formula is C8H9N3O2. The number of aromatic nitrogens is 1. The lowest BCUT2D eigenvalue weighted by molar-refractivity contribution is -0.582. The van der Waals surface area contributed by atoms with Crippen LogP contribution in [0.3, 0.4) is 0 Å². The van der Waals surface area contributed by atoms with Crippen LogP contribution < -0.4 is 21.1 Å². The van der Waals surface area contributed by atoms with Crippen LogP contribution in [0.5, 0.6) is 0 Å². The minimum Gasteiger partial charge on any atom is -0.856 e. The van der Waals surface area contributed by atoms with E-state index in [1.807, 2.05) is 0 Å². The van der Waals surface area contributed by atoms with Gasteiger partial charge in [-0.1, -0.05) is 6.07 Å². The van der Waals surface area contributed by atoms with Gasteiger partial charge in [0.15, 0.2) is 12.4 Å². The Hall–Kier alpha value is -2.04. The monoisotopic (exact) mass is 179 g/mol. The zero-order valence-electron chi connectivity index (χ0n) is 6.81. The number of nitrogens with zero attached hydrogens (tertiary/aromatic N) is 1. The Morgan fingerprint density at radius 1 is 1.15 bits per heavy atom. The number of primary amides is 1. The number of nitrogens with two attached hydrogens (primary N) is 2. The van der Waals surface area contributed by atoms with E-state index in [2.05, 4.69) is 0 Å². The smallest absolute Gasteiger partial charge is 0.314 e. The molecular weight excluding hydrogens is 170 g/mol. The lowest BCUT2D eigenvalue weighted by atomic mass is 10.4. The van der Waals surface area contributed by atoms with Gasteiger partial charge in [0, 0.05) is 18.0 Å². The second-order valence-electron chi connectivity index (χ2n) is 2.36. The predicted octanol–water partition coefficient (Wildman–Crippen LogP) is -2.10. The summed E-state index contributed by atoms with van der Waals surface area (Å²) in [5, 5.41) is 10.8. The molecule has 0 bridgehead atoms. The van der Waals surface area contributed by atoms with Crippen molar-refractivity contribution < 1.29 is 14.5 Å². The highest BCUT2D eigenvalue weighted by Crippen LogP contribution is 1.91. The first-order valence-electron chi connectivity index (χ1n) is 3.56. The number of carbonyl (C=O) groups is 1. The van der Waals surface area contributed by atoms with Crippen molar-refractivity contribution in [2.75, 3.05) is 0 Å². The highest BCUT2D eigenvalue weighted by Gasteiger charge is 2.15. The molecule has 0 aliphatic heterocycles. The van der Waals surface area contributed by atoms with E-state index < -0.39 is 11.8 Å². The largest absolute Gasteiger partial charge is 0.856 e. The zero-order chi connectivity index (χ0) is 9.84. The number of carbonyl (C=O) groups excluding carboxylic acids is 1. The summed E-state index contributed by atoms with van der Waals surface area (Å²) in [6.07, 6.45) is 3.04. The molecule has 5 heteroatoms. The number of pyridine rings is 1. The van der Waals surface area contributed by atoms with Crippen LogP contribution in [0.15, 0.2) is 36.5 Å². The minimum absolute atomic E-state index is 0.249. The average Bonchev–Trinajstić information content (AvgIpc) is 2.04. The molecule has 0 spiro atoms. The van der Waals surface area contributed by atoms with Gasteiger partial charge in [0.25, 0.3) is 5.70 Å². The fourth-order valence-electron chi connectivity index (χ4n) is 0.924. The zero-order valence-corrected chi connectivity index (χ0v) is 6.81. The quantitative estimate of drug-likeness (QED) is 0.309.